The Balaban J connectivity index is 1.59. The van der Waals surface area contributed by atoms with Crippen LogP contribution in [0.25, 0.3) is 6.08 Å². The van der Waals surface area contributed by atoms with Gasteiger partial charge in [0.1, 0.15) is 0 Å². The number of nitrogens with one attached hydrogen (secondary N) is 1. The molecule has 0 spiro atoms. The Kier molecular flexibility index (Phi) is 5.73. The first-order valence-electron chi connectivity index (χ1n) is 9.71. The van der Waals surface area contributed by atoms with Crippen LogP contribution in [-0.2, 0) is 14.3 Å². The second kappa shape index (κ2) is 8.05. The van der Waals surface area contributed by atoms with Crippen molar-refractivity contribution in [3.8, 4) is 0 Å². The zero-order valence-electron chi connectivity index (χ0n) is 17.2. The van der Waals surface area contributed by atoms with E-state index < -0.39 is 12.1 Å². The molecule has 0 bridgehead atoms. The predicted octanol–water partition coefficient (Wildman–Crippen LogP) is 4.64. The van der Waals surface area contributed by atoms with Gasteiger partial charge in [-0.3, -0.25) is 4.79 Å². The average molecular weight is 380 g/mol. The van der Waals surface area contributed by atoms with Crippen molar-refractivity contribution in [2.75, 3.05) is 5.32 Å². The maximum atomic E-state index is 12.4. The first-order valence-corrected chi connectivity index (χ1v) is 9.71. The van der Waals surface area contributed by atoms with Crippen LogP contribution in [0.4, 0.5) is 5.69 Å². The molecule has 28 heavy (non-hydrogen) atoms. The lowest BCUT2D eigenvalue weighted by Crippen LogP contribution is -2.29. The Bertz CT molecular complexity index is 936. The van der Waals surface area contributed by atoms with Crippen molar-refractivity contribution in [3.63, 3.8) is 0 Å². The van der Waals surface area contributed by atoms with E-state index in [2.05, 4.69) is 29.8 Å². The molecule has 1 aliphatic carbocycles. The highest BCUT2D eigenvalue weighted by Gasteiger charge is 2.26. The molecule has 1 atom stereocenters. The van der Waals surface area contributed by atoms with Gasteiger partial charge < -0.3 is 14.6 Å². The Hall–Kier alpha value is -2.82. The number of nitrogens with zero attached hydrogens (tertiary/aromatic N) is 1. The van der Waals surface area contributed by atoms with E-state index in [9.17, 15) is 9.59 Å². The summed E-state index contributed by atoms with van der Waals surface area (Å²) < 4.78 is 7.59. The quantitative estimate of drug-likeness (QED) is 0.587. The first kappa shape index (κ1) is 19.9. The van der Waals surface area contributed by atoms with Crippen molar-refractivity contribution in [1.82, 2.24) is 4.57 Å². The van der Waals surface area contributed by atoms with Gasteiger partial charge >= 0.3 is 5.97 Å². The molecule has 0 aliphatic heterocycles. The summed E-state index contributed by atoms with van der Waals surface area (Å²) in [6.07, 6.45) is 4.71. The zero-order chi connectivity index (χ0) is 20.4. The van der Waals surface area contributed by atoms with Gasteiger partial charge in [-0.15, -0.1) is 0 Å². The molecule has 1 aliphatic rings. The molecule has 1 aromatic heterocycles. The van der Waals surface area contributed by atoms with Crippen molar-refractivity contribution in [1.29, 1.82) is 0 Å². The molecule has 1 heterocycles. The minimum absolute atomic E-state index is 0.345. The van der Waals surface area contributed by atoms with Crippen molar-refractivity contribution in [2.45, 2.75) is 59.6 Å². The van der Waals surface area contributed by atoms with Crippen LogP contribution in [0.15, 0.2) is 30.3 Å². The molecular weight excluding hydrogens is 352 g/mol. The summed E-state index contributed by atoms with van der Waals surface area (Å²) in [5, 5.41) is 2.83. The van der Waals surface area contributed by atoms with E-state index in [1.54, 1.807) is 13.0 Å². The van der Waals surface area contributed by atoms with Crippen molar-refractivity contribution < 1.29 is 14.3 Å². The maximum absolute atomic E-state index is 12.4. The van der Waals surface area contributed by atoms with Crippen LogP contribution in [0.5, 0.6) is 0 Å². The Morgan fingerprint density at radius 2 is 1.89 bits per heavy atom. The number of rotatable bonds is 6. The number of aromatic nitrogens is 1. The Labute approximate surface area is 166 Å². The molecule has 3 rings (SSSR count). The molecule has 0 unspecified atom stereocenters. The fraction of sp³-hybridized carbons (Fsp3) is 0.391. The third kappa shape index (κ3) is 4.53. The predicted molar refractivity (Wildman–Crippen MR) is 111 cm³/mol. The lowest BCUT2D eigenvalue weighted by molar-refractivity contribution is -0.148. The second-order valence-corrected chi connectivity index (χ2v) is 7.65. The minimum atomic E-state index is -0.879. The topological polar surface area (TPSA) is 60.3 Å². The molecule has 1 fully saturated rings. The first-order chi connectivity index (χ1) is 13.3. The highest BCUT2D eigenvalue weighted by Crippen LogP contribution is 2.38. The van der Waals surface area contributed by atoms with E-state index in [0.29, 0.717) is 6.04 Å². The number of amides is 1. The highest BCUT2D eigenvalue weighted by atomic mass is 16.5. The van der Waals surface area contributed by atoms with Gasteiger partial charge in [-0.1, -0.05) is 12.1 Å². The SMILES string of the molecule is Cc1ccc(C)c(NC(=O)[C@@H](C)OC(=O)/C=C/c2cc(C)n(C3CC3)c2C)c1. The molecule has 148 valence electrons. The molecule has 1 amide bonds. The molecular formula is C23H28N2O3. The number of aryl methyl sites for hydroxylation is 3. The van der Waals surface area contributed by atoms with Crippen LogP contribution >= 0.6 is 0 Å². The number of carbonyl (C=O) groups is 2. The summed E-state index contributed by atoms with van der Waals surface area (Å²) in [7, 11) is 0. The number of esters is 1. The van der Waals surface area contributed by atoms with Crippen molar-refractivity contribution in [3.05, 3.63) is 58.4 Å². The van der Waals surface area contributed by atoms with Crippen molar-refractivity contribution >= 4 is 23.6 Å². The van der Waals surface area contributed by atoms with Crippen LogP contribution < -0.4 is 5.32 Å². The number of carbonyl (C=O) groups excluding carboxylic acids is 2. The number of hydrogen-bond acceptors (Lipinski definition) is 3. The standard InChI is InChI=1S/C23H28N2O3/c1-14-6-7-15(2)21(12-14)24-23(27)18(5)28-22(26)11-8-19-13-16(3)25(17(19)4)20-9-10-20/h6-8,11-13,18,20H,9-10H2,1-5H3,(H,24,27)/b11-8+/t18-/m1/s1. The Morgan fingerprint density at radius 1 is 1.18 bits per heavy atom. The summed E-state index contributed by atoms with van der Waals surface area (Å²) in [5.74, 6) is -0.873. The van der Waals surface area contributed by atoms with Crippen LogP contribution in [0.1, 0.15) is 53.9 Å². The van der Waals surface area contributed by atoms with Gasteiger partial charge in [-0.25, -0.2) is 4.79 Å². The lowest BCUT2D eigenvalue weighted by atomic mass is 10.1. The largest absolute Gasteiger partial charge is 0.449 e. The average Bonchev–Trinajstić information content (AvgIpc) is 3.42. The number of hydrogen-bond donors (Lipinski definition) is 1. The van der Waals surface area contributed by atoms with Gasteiger partial charge in [0, 0.05) is 29.2 Å². The maximum Gasteiger partial charge on any atom is 0.331 e. The fourth-order valence-corrected chi connectivity index (χ4v) is 3.40. The lowest BCUT2D eigenvalue weighted by Gasteiger charge is -2.14. The molecule has 1 saturated carbocycles. The summed E-state index contributed by atoms with van der Waals surface area (Å²) in [5.41, 5.74) is 6.12. The molecule has 1 N–H and O–H groups in total. The van der Waals surface area contributed by atoms with E-state index in [-0.39, 0.29) is 5.91 Å². The van der Waals surface area contributed by atoms with E-state index in [0.717, 1.165) is 28.1 Å². The Morgan fingerprint density at radius 3 is 2.57 bits per heavy atom. The normalized spacial score (nSPS) is 14.9. The molecule has 5 nitrogen and oxygen atoms in total. The van der Waals surface area contributed by atoms with Crippen LogP contribution in [-0.4, -0.2) is 22.5 Å². The van der Waals surface area contributed by atoms with E-state index in [1.165, 1.54) is 24.6 Å². The smallest absolute Gasteiger partial charge is 0.331 e. The number of anilines is 1. The molecule has 5 heteroatoms. The third-order valence-electron chi connectivity index (χ3n) is 5.15. The molecule has 0 radical (unpaired) electrons. The van der Waals surface area contributed by atoms with Crippen molar-refractivity contribution in [2.24, 2.45) is 0 Å². The summed E-state index contributed by atoms with van der Waals surface area (Å²) in [6, 6.07) is 8.51. The monoisotopic (exact) mass is 380 g/mol. The van der Waals surface area contributed by atoms with E-state index in [4.69, 9.17) is 4.74 Å². The highest BCUT2D eigenvalue weighted by molar-refractivity contribution is 5.97. The van der Waals surface area contributed by atoms with Crippen LogP contribution in [0, 0.1) is 27.7 Å². The summed E-state index contributed by atoms with van der Waals surface area (Å²) >= 11 is 0. The van der Waals surface area contributed by atoms with Crippen LogP contribution in [0.2, 0.25) is 0 Å². The summed E-state index contributed by atoms with van der Waals surface area (Å²) in [6.45, 7) is 9.61. The van der Waals surface area contributed by atoms with Gasteiger partial charge in [0.05, 0.1) is 0 Å². The summed E-state index contributed by atoms with van der Waals surface area (Å²) in [4.78, 5) is 24.5. The third-order valence-corrected chi connectivity index (χ3v) is 5.15. The van der Waals surface area contributed by atoms with Gasteiger partial charge in [0.15, 0.2) is 6.10 Å². The fourth-order valence-electron chi connectivity index (χ4n) is 3.40. The van der Waals surface area contributed by atoms with Gasteiger partial charge in [-0.05, 0) is 82.4 Å². The molecule has 1 aromatic carbocycles. The van der Waals surface area contributed by atoms with E-state index in [1.807, 2.05) is 32.0 Å². The number of benzene rings is 1. The van der Waals surface area contributed by atoms with E-state index >= 15 is 0 Å². The van der Waals surface area contributed by atoms with Gasteiger partial charge in [0.2, 0.25) is 0 Å². The minimum Gasteiger partial charge on any atom is -0.449 e. The number of ether oxygens (including phenoxy) is 1. The molecule has 0 saturated heterocycles. The zero-order valence-corrected chi connectivity index (χ0v) is 17.2. The molecule has 2 aromatic rings. The second-order valence-electron chi connectivity index (χ2n) is 7.65. The van der Waals surface area contributed by atoms with Crippen LogP contribution in [0.3, 0.4) is 0 Å². The van der Waals surface area contributed by atoms with Gasteiger partial charge in [-0.2, -0.15) is 0 Å². The van der Waals surface area contributed by atoms with Gasteiger partial charge in [0.25, 0.3) is 5.91 Å².